The summed E-state index contributed by atoms with van der Waals surface area (Å²) in [6.45, 7) is 5.35. The van der Waals surface area contributed by atoms with Gasteiger partial charge in [0, 0.05) is 13.1 Å². The SMILES string of the molecule is COc1cc(P(C)C)ccc1OCC#Cc1sc2c(NC3CCN(C)CC3F)cccc2c1CC(F)(F)F. The van der Waals surface area contributed by atoms with Gasteiger partial charge in [-0.3, -0.25) is 0 Å². The first-order chi connectivity index (χ1) is 18.1. The second-order valence-corrected chi connectivity index (χ2v) is 12.8. The van der Waals surface area contributed by atoms with Crippen LogP contribution in [-0.2, 0) is 6.42 Å². The highest BCUT2D eigenvalue weighted by Crippen LogP contribution is 2.39. The molecular formula is C28H31F4N2O2PS. The topological polar surface area (TPSA) is 33.7 Å². The number of benzene rings is 2. The van der Waals surface area contributed by atoms with Crippen LogP contribution in [-0.4, -0.2) is 70.5 Å². The molecule has 10 heteroatoms. The highest BCUT2D eigenvalue weighted by molar-refractivity contribution is 7.64. The predicted molar refractivity (Wildman–Crippen MR) is 150 cm³/mol. The third kappa shape index (κ3) is 6.91. The molecule has 38 heavy (non-hydrogen) atoms. The first kappa shape index (κ1) is 28.5. The van der Waals surface area contributed by atoms with Gasteiger partial charge in [0.05, 0.1) is 34.8 Å². The van der Waals surface area contributed by atoms with E-state index in [1.165, 1.54) is 16.6 Å². The summed E-state index contributed by atoms with van der Waals surface area (Å²) in [6.07, 6.45) is -5.94. The minimum absolute atomic E-state index is 0.00729. The number of anilines is 1. The zero-order valence-corrected chi connectivity index (χ0v) is 23.5. The Morgan fingerprint density at radius 1 is 1.18 bits per heavy atom. The van der Waals surface area contributed by atoms with Gasteiger partial charge in [0.25, 0.3) is 0 Å². The lowest BCUT2D eigenvalue weighted by molar-refractivity contribution is -0.126. The quantitative estimate of drug-likeness (QED) is 0.208. The summed E-state index contributed by atoms with van der Waals surface area (Å²) in [4.78, 5) is 2.26. The second-order valence-electron chi connectivity index (χ2n) is 9.52. The van der Waals surface area contributed by atoms with Crippen LogP contribution in [0.3, 0.4) is 0 Å². The second kappa shape index (κ2) is 12.1. The van der Waals surface area contributed by atoms with Crippen molar-refractivity contribution < 1.29 is 27.0 Å². The van der Waals surface area contributed by atoms with Gasteiger partial charge in [0.1, 0.15) is 12.8 Å². The molecule has 0 aliphatic carbocycles. The lowest BCUT2D eigenvalue weighted by Gasteiger charge is -2.33. The maximum Gasteiger partial charge on any atom is 0.393 e. The van der Waals surface area contributed by atoms with Crippen molar-refractivity contribution in [3.8, 4) is 23.3 Å². The summed E-state index contributed by atoms with van der Waals surface area (Å²) in [5, 5.41) is 4.91. The summed E-state index contributed by atoms with van der Waals surface area (Å²) >= 11 is 1.19. The Bertz CT molecular complexity index is 1330. The van der Waals surface area contributed by atoms with Crippen LogP contribution in [0, 0.1) is 11.8 Å². The van der Waals surface area contributed by atoms with Gasteiger partial charge in [0.15, 0.2) is 11.5 Å². The van der Waals surface area contributed by atoms with Crippen LogP contribution >= 0.6 is 19.3 Å². The van der Waals surface area contributed by atoms with Crippen molar-refractivity contribution in [2.75, 3.05) is 52.5 Å². The van der Waals surface area contributed by atoms with Crippen molar-refractivity contribution in [3.05, 3.63) is 46.8 Å². The standard InChI is InChI=1S/C28H31F4N2O2PS/c1-34-13-12-22(21(29)17-34)33-23-8-5-7-19-20(16-28(30,31)32)26(38-27(19)23)9-6-14-36-24-11-10-18(37(3)4)15-25(24)35-2/h5,7-8,10-11,15,21-22,33H,12-14,16-17H2,1-4H3. The molecule has 4 nitrogen and oxygen atoms in total. The number of nitrogens with zero attached hydrogens (tertiary/aromatic N) is 1. The summed E-state index contributed by atoms with van der Waals surface area (Å²) in [5.74, 6) is 6.90. The normalized spacial score (nSPS) is 18.3. The van der Waals surface area contributed by atoms with Crippen molar-refractivity contribution in [2.45, 2.75) is 31.2 Å². The fraction of sp³-hybridized carbons (Fsp3) is 0.429. The van der Waals surface area contributed by atoms with E-state index >= 15 is 0 Å². The average Bonchev–Trinajstić information content (AvgIpc) is 3.20. The number of halogens is 4. The van der Waals surface area contributed by atoms with Gasteiger partial charge < -0.3 is 19.7 Å². The van der Waals surface area contributed by atoms with Gasteiger partial charge in [-0.05, 0) is 61.3 Å². The summed E-state index contributed by atoms with van der Waals surface area (Å²) in [6, 6.07) is 10.5. The highest BCUT2D eigenvalue weighted by Gasteiger charge is 2.32. The third-order valence-electron chi connectivity index (χ3n) is 6.45. The Morgan fingerprint density at radius 2 is 1.97 bits per heavy atom. The van der Waals surface area contributed by atoms with Crippen molar-refractivity contribution in [1.82, 2.24) is 4.90 Å². The number of methoxy groups -OCH3 is 1. The van der Waals surface area contributed by atoms with Crippen LogP contribution in [0.5, 0.6) is 11.5 Å². The zero-order valence-electron chi connectivity index (χ0n) is 21.8. The monoisotopic (exact) mass is 566 g/mol. The molecule has 0 amide bonds. The zero-order chi connectivity index (χ0) is 27.4. The van der Waals surface area contributed by atoms with E-state index < -0.39 is 24.8 Å². The molecule has 0 radical (unpaired) electrons. The molecule has 1 saturated heterocycles. The van der Waals surface area contributed by atoms with Gasteiger partial charge in [-0.1, -0.05) is 38.0 Å². The first-order valence-corrected chi connectivity index (χ1v) is 15.3. The van der Waals surface area contributed by atoms with Crippen LogP contribution in [0.15, 0.2) is 36.4 Å². The number of likely N-dealkylation sites (tertiary alicyclic amines) is 1. The maximum atomic E-state index is 14.7. The van der Waals surface area contributed by atoms with Gasteiger partial charge in [-0.25, -0.2) is 4.39 Å². The Labute approximate surface area is 226 Å². The molecule has 1 fully saturated rings. The molecular weight excluding hydrogens is 535 g/mol. The van der Waals surface area contributed by atoms with E-state index in [1.807, 2.05) is 30.1 Å². The van der Waals surface area contributed by atoms with Crippen LogP contribution in [0.1, 0.15) is 16.9 Å². The number of piperidine rings is 1. The Morgan fingerprint density at radius 3 is 2.66 bits per heavy atom. The number of rotatable bonds is 7. The van der Waals surface area contributed by atoms with E-state index in [0.717, 1.165) is 6.54 Å². The van der Waals surface area contributed by atoms with E-state index in [2.05, 4.69) is 30.5 Å². The molecule has 1 aliphatic rings. The van der Waals surface area contributed by atoms with Crippen LogP contribution in [0.4, 0.5) is 23.2 Å². The van der Waals surface area contributed by atoms with Crippen LogP contribution < -0.4 is 20.1 Å². The van der Waals surface area contributed by atoms with Crippen LogP contribution in [0.2, 0.25) is 0 Å². The van der Waals surface area contributed by atoms with Crippen molar-refractivity contribution in [2.24, 2.45) is 0 Å². The minimum atomic E-state index is -4.39. The molecule has 1 N–H and O–H groups in total. The maximum absolute atomic E-state index is 14.7. The van der Waals surface area contributed by atoms with Crippen molar-refractivity contribution in [1.29, 1.82) is 0 Å². The summed E-state index contributed by atoms with van der Waals surface area (Å²) < 4.78 is 67.1. The minimum Gasteiger partial charge on any atom is -0.493 e. The molecule has 4 rings (SSSR count). The summed E-state index contributed by atoms with van der Waals surface area (Å²) in [5.41, 5.74) is 0.768. The molecule has 2 unspecified atom stereocenters. The number of alkyl halides is 4. The van der Waals surface area contributed by atoms with E-state index in [-0.39, 0.29) is 20.1 Å². The smallest absolute Gasteiger partial charge is 0.393 e. The molecule has 1 aromatic heterocycles. The van der Waals surface area contributed by atoms with Crippen molar-refractivity contribution >= 4 is 40.3 Å². The third-order valence-corrected chi connectivity index (χ3v) is 8.95. The Balaban J connectivity index is 1.60. The van der Waals surface area contributed by atoms with Gasteiger partial charge in [-0.2, -0.15) is 13.2 Å². The Hall–Kier alpha value is -2.53. The van der Waals surface area contributed by atoms with E-state index in [0.29, 0.717) is 45.1 Å². The molecule has 0 bridgehead atoms. The largest absolute Gasteiger partial charge is 0.493 e. The molecule has 204 valence electrons. The number of thiophene rings is 1. The molecule has 1 aliphatic heterocycles. The molecule has 0 saturated carbocycles. The number of nitrogens with one attached hydrogen (secondary N) is 1. The van der Waals surface area contributed by atoms with Crippen LogP contribution in [0.25, 0.3) is 10.1 Å². The number of hydrogen-bond donors (Lipinski definition) is 1. The molecule has 3 aromatic rings. The lowest BCUT2D eigenvalue weighted by Crippen LogP contribution is -2.46. The number of hydrogen-bond acceptors (Lipinski definition) is 5. The fourth-order valence-corrected chi connectivity index (χ4v) is 6.38. The lowest BCUT2D eigenvalue weighted by atomic mass is 10.0. The predicted octanol–water partition coefficient (Wildman–Crippen LogP) is 6.27. The van der Waals surface area contributed by atoms with Crippen molar-refractivity contribution in [3.63, 3.8) is 0 Å². The highest BCUT2D eigenvalue weighted by atomic mass is 32.1. The van der Waals surface area contributed by atoms with E-state index in [4.69, 9.17) is 9.47 Å². The Kier molecular flexibility index (Phi) is 9.07. The number of ether oxygens (including phenoxy) is 2. The first-order valence-electron chi connectivity index (χ1n) is 12.2. The molecule has 2 atom stereocenters. The van der Waals surface area contributed by atoms with E-state index in [9.17, 15) is 17.6 Å². The van der Waals surface area contributed by atoms with Gasteiger partial charge >= 0.3 is 6.18 Å². The summed E-state index contributed by atoms with van der Waals surface area (Å²) in [7, 11) is 3.14. The molecule has 2 aromatic carbocycles. The fourth-order valence-electron chi connectivity index (χ4n) is 4.46. The van der Waals surface area contributed by atoms with Gasteiger partial charge in [-0.15, -0.1) is 11.3 Å². The average molecular weight is 567 g/mol. The molecule has 2 heterocycles. The van der Waals surface area contributed by atoms with E-state index in [1.54, 1.807) is 25.3 Å². The van der Waals surface area contributed by atoms with Gasteiger partial charge in [0.2, 0.25) is 0 Å². The number of fused-ring (bicyclic) bond motifs is 1. The molecule has 0 spiro atoms.